The van der Waals surface area contributed by atoms with Crippen molar-refractivity contribution in [2.24, 2.45) is 0 Å². The Morgan fingerprint density at radius 1 is 0.788 bits per heavy atom. The number of hydrogen-bond acceptors (Lipinski definition) is 5. The van der Waals surface area contributed by atoms with Crippen LogP contribution in [0.5, 0.6) is 0 Å². The number of fused-ring (bicyclic) bond motifs is 2. The third-order valence-electron chi connectivity index (χ3n) is 4.87. The van der Waals surface area contributed by atoms with Crippen LogP contribution < -0.4 is 0 Å². The van der Waals surface area contributed by atoms with Crippen LogP contribution in [0, 0.1) is 5.82 Å². The van der Waals surface area contributed by atoms with E-state index < -0.39 is 17.9 Å². The minimum atomic E-state index is -1.10. The fraction of sp³-hybridized carbons (Fsp3) is 0.125. The van der Waals surface area contributed by atoms with Crippen LogP contribution in [0.15, 0.2) is 60.7 Å². The molecule has 0 saturated carbocycles. The summed E-state index contributed by atoms with van der Waals surface area (Å²) >= 11 is 0. The van der Waals surface area contributed by atoms with E-state index >= 15 is 0 Å². The number of nitrogens with zero attached hydrogens (tertiary/aromatic N) is 2. The zero-order chi connectivity index (χ0) is 24.1. The lowest BCUT2D eigenvalue weighted by Crippen LogP contribution is -2.03. The summed E-state index contributed by atoms with van der Waals surface area (Å²) in [5.41, 5.74) is 2.13. The summed E-state index contributed by atoms with van der Waals surface area (Å²) in [6, 6.07) is 15.1. The third kappa shape index (κ3) is 5.45. The molecule has 4 aromatic rings. The molecule has 0 radical (unpaired) electrons. The van der Waals surface area contributed by atoms with Crippen LogP contribution in [0.25, 0.3) is 22.1 Å². The smallest absolute Gasteiger partial charge is 0.337 e. The maximum absolute atomic E-state index is 12.5. The molecular weight excluding hydrogens is 431 g/mol. The average Bonchev–Trinajstić information content (AvgIpc) is 2.77. The van der Waals surface area contributed by atoms with E-state index in [4.69, 9.17) is 15.3 Å². The molecule has 0 bridgehead atoms. The molecule has 0 spiro atoms. The van der Waals surface area contributed by atoms with Gasteiger partial charge >= 0.3 is 17.9 Å². The quantitative estimate of drug-likeness (QED) is 0.376. The minimum absolute atomic E-state index is 0.0395. The zero-order valence-corrected chi connectivity index (χ0v) is 17.4. The van der Waals surface area contributed by atoms with Crippen molar-refractivity contribution in [2.75, 3.05) is 0 Å². The van der Waals surface area contributed by atoms with Gasteiger partial charge in [-0.1, -0.05) is 31.2 Å². The van der Waals surface area contributed by atoms with E-state index in [2.05, 4.69) is 9.97 Å². The molecule has 168 valence electrons. The number of para-hydroxylation sites is 2. The second-order valence-corrected chi connectivity index (χ2v) is 7.23. The number of carboxylic acids is 3. The van der Waals surface area contributed by atoms with Gasteiger partial charge in [-0.15, -0.1) is 0 Å². The van der Waals surface area contributed by atoms with Crippen molar-refractivity contribution in [1.82, 2.24) is 9.97 Å². The third-order valence-corrected chi connectivity index (χ3v) is 4.87. The normalized spacial score (nSPS) is 11.5. The number of aromatic carboxylic acids is 2. The molecule has 8 nitrogen and oxygen atoms in total. The van der Waals surface area contributed by atoms with Gasteiger partial charge < -0.3 is 15.3 Å². The topological polar surface area (TPSA) is 138 Å². The second kappa shape index (κ2) is 9.82. The van der Waals surface area contributed by atoms with Crippen molar-refractivity contribution >= 4 is 40.0 Å². The Morgan fingerprint density at radius 3 is 1.64 bits per heavy atom. The van der Waals surface area contributed by atoms with Crippen molar-refractivity contribution in [3.63, 3.8) is 0 Å². The van der Waals surface area contributed by atoms with E-state index in [9.17, 15) is 18.8 Å². The molecular formula is C24H19FN2O6. The van der Waals surface area contributed by atoms with Crippen LogP contribution in [-0.4, -0.2) is 43.2 Å². The molecule has 1 heterocycles. The molecule has 0 amide bonds. The lowest BCUT2D eigenvalue weighted by Gasteiger charge is -2.07. The molecule has 3 N–H and O–H groups in total. The first-order chi connectivity index (χ1) is 15.7. The van der Waals surface area contributed by atoms with E-state index in [1.807, 2.05) is 0 Å². The summed E-state index contributed by atoms with van der Waals surface area (Å²) in [7, 11) is 0. The standard InChI is InChI=1S/C14H8N2O4.C10H11FO2/c17-13(18)7-3-1-5-9-11(7)16-10-6-2-4-8(14(19)20)12(10)15-9;1-7(6-10(12)13)8-2-4-9(11)5-3-8/h1-6H,(H,17,18)(H,19,20);2-5,7H,6H2,1H3,(H,12,13)/t;7-/m.1/s1. The van der Waals surface area contributed by atoms with Gasteiger partial charge in [0.05, 0.1) is 28.6 Å². The van der Waals surface area contributed by atoms with Gasteiger partial charge in [0.15, 0.2) is 0 Å². The van der Waals surface area contributed by atoms with Gasteiger partial charge in [0.1, 0.15) is 16.9 Å². The van der Waals surface area contributed by atoms with E-state index in [1.165, 1.54) is 24.3 Å². The van der Waals surface area contributed by atoms with Crippen molar-refractivity contribution in [2.45, 2.75) is 19.3 Å². The fourth-order valence-electron chi connectivity index (χ4n) is 3.24. The van der Waals surface area contributed by atoms with Gasteiger partial charge in [0.2, 0.25) is 0 Å². The monoisotopic (exact) mass is 450 g/mol. The first-order valence-electron chi connectivity index (χ1n) is 9.80. The van der Waals surface area contributed by atoms with Gasteiger partial charge in [-0.25, -0.2) is 23.9 Å². The van der Waals surface area contributed by atoms with Crippen molar-refractivity contribution in [3.8, 4) is 0 Å². The van der Waals surface area contributed by atoms with Gasteiger partial charge in [-0.05, 0) is 47.9 Å². The Balaban J connectivity index is 0.000000205. The number of aromatic nitrogens is 2. The highest BCUT2D eigenvalue weighted by Gasteiger charge is 2.15. The maximum atomic E-state index is 12.5. The van der Waals surface area contributed by atoms with E-state index in [0.29, 0.717) is 11.0 Å². The lowest BCUT2D eigenvalue weighted by molar-refractivity contribution is -0.137. The van der Waals surface area contributed by atoms with Crippen LogP contribution in [0.1, 0.15) is 45.5 Å². The molecule has 0 aliphatic carbocycles. The Kier molecular flexibility index (Phi) is 6.92. The highest BCUT2D eigenvalue weighted by molar-refractivity contribution is 6.06. The summed E-state index contributed by atoms with van der Waals surface area (Å²) < 4.78 is 12.5. The number of halogens is 1. The number of hydrogen-bond donors (Lipinski definition) is 3. The number of rotatable bonds is 5. The van der Waals surface area contributed by atoms with Crippen molar-refractivity contribution in [3.05, 3.63) is 83.2 Å². The Labute approximate surface area is 187 Å². The first kappa shape index (κ1) is 23.3. The molecule has 1 aromatic heterocycles. The lowest BCUT2D eigenvalue weighted by atomic mass is 9.98. The number of carboxylic acid groups (broad SMARTS) is 3. The summed E-state index contributed by atoms with van der Waals surface area (Å²) in [5.74, 6) is -3.40. The molecule has 33 heavy (non-hydrogen) atoms. The zero-order valence-electron chi connectivity index (χ0n) is 17.4. The summed E-state index contributed by atoms with van der Waals surface area (Å²) in [6.45, 7) is 1.81. The Hall–Kier alpha value is -4.40. The molecule has 9 heteroatoms. The number of carbonyl (C=O) groups is 3. The molecule has 4 rings (SSSR count). The van der Waals surface area contributed by atoms with Gasteiger partial charge in [0.25, 0.3) is 0 Å². The van der Waals surface area contributed by atoms with Gasteiger partial charge in [0, 0.05) is 0 Å². The van der Waals surface area contributed by atoms with Crippen LogP contribution in [0.2, 0.25) is 0 Å². The first-order valence-corrected chi connectivity index (χ1v) is 9.80. The molecule has 0 aliphatic heterocycles. The van der Waals surface area contributed by atoms with Crippen LogP contribution in [0.4, 0.5) is 4.39 Å². The van der Waals surface area contributed by atoms with Crippen molar-refractivity contribution < 1.29 is 34.1 Å². The molecule has 0 fully saturated rings. The second-order valence-electron chi connectivity index (χ2n) is 7.23. The SMILES string of the molecule is C[C@H](CC(=O)O)c1ccc(F)cc1.O=C(O)c1cccc2nc3c(C(=O)O)cccc3nc12. The van der Waals surface area contributed by atoms with Gasteiger partial charge in [-0.3, -0.25) is 4.79 Å². The van der Waals surface area contributed by atoms with E-state index in [1.54, 1.807) is 43.3 Å². The van der Waals surface area contributed by atoms with E-state index in [0.717, 1.165) is 5.56 Å². The van der Waals surface area contributed by atoms with Crippen molar-refractivity contribution in [1.29, 1.82) is 0 Å². The molecule has 0 saturated heterocycles. The summed E-state index contributed by atoms with van der Waals surface area (Å²) in [6.07, 6.45) is 0.0750. The number of benzene rings is 3. The summed E-state index contributed by atoms with van der Waals surface area (Å²) in [5, 5.41) is 26.8. The summed E-state index contributed by atoms with van der Waals surface area (Å²) in [4.78, 5) is 41.2. The fourth-order valence-corrected chi connectivity index (χ4v) is 3.24. The highest BCUT2D eigenvalue weighted by Crippen LogP contribution is 2.22. The Morgan fingerprint density at radius 2 is 1.24 bits per heavy atom. The van der Waals surface area contributed by atoms with Crippen LogP contribution >= 0.6 is 0 Å². The Bertz CT molecular complexity index is 1280. The predicted molar refractivity (Wildman–Crippen MR) is 118 cm³/mol. The molecule has 0 unspecified atom stereocenters. The van der Waals surface area contributed by atoms with Crippen LogP contribution in [-0.2, 0) is 4.79 Å². The van der Waals surface area contributed by atoms with Gasteiger partial charge in [-0.2, -0.15) is 0 Å². The van der Waals surface area contributed by atoms with E-state index in [-0.39, 0.29) is 40.3 Å². The minimum Gasteiger partial charge on any atom is -0.481 e. The maximum Gasteiger partial charge on any atom is 0.337 e. The molecule has 1 atom stereocenters. The highest BCUT2D eigenvalue weighted by atomic mass is 19.1. The molecule has 0 aliphatic rings. The molecule has 3 aromatic carbocycles. The largest absolute Gasteiger partial charge is 0.481 e. The predicted octanol–water partition coefficient (Wildman–Crippen LogP) is 4.58. The number of aliphatic carboxylic acids is 1. The van der Waals surface area contributed by atoms with Crippen LogP contribution in [0.3, 0.4) is 0 Å². The average molecular weight is 450 g/mol.